The predicted octanol–water partition coefficient (Wildman–Crippen LogP) is 3.27. The number of hydrogen-bond donors (Lipinski definition) is 0. The van der Waals surface area contributed by atoms with Gasteiger partial charge in [0.2, 0.25) is 0 Å². The first-order chi connectivity index (χ1) is 15.2. The van der Waals surface area contributed by atoms with Crippen molar-refractivity contribution in [1.82, 2.24) is 40.2 Å². The molecule has 3 aromatic rings. The molecule has 2 fully saturated rings. The van der Waals surface area contributed by atoms with Crippen molar-refractivity contribution in [3.63, 3.8) is 0 Å². The lowest BCUT2D eigenvalue weighted by molar-refractivity contribution is 0.153. The fourth-order valence-corrected chi connectivity index (χ4v) is 4.51. The maximum absolute atomic E-state index is 6.23. The van der Waals surface area contributed by atoms with Crippen molar-refractivity contribution >= 4 is 0 Å². The number of rotatable bonds is 7. The molecule has 0 radical (unpaired) electrons. The highest BCUT2D eigenvalue weighted by molar-refractivity contribution is 5.58. The van der Waals surface area contributed by atoms with Gasteiger partial charge in [0.15, 0.2) is 5.82 Å². The summed E-state index contributed by atoms with van der Waals surface area (Å²) in [5.41, 5.74) is 3.38. The van der Waals surface area contributed by atoms with Crippen molar-refractivity contribution in [3.8, 4) is 17.1 Å². The Morgan fingerprint density at radius 3 is 2.58 bits per heavy atom. The van der Waals surface area contributed by atoms with Crippen LogP contribution >= 0.6 is 0 Å². The van der Waals surface area contributed by atoms with Crippen LogP contribution in [0.3, 0.4) is 0 Å². The van der Waals surface area contributed by atoms with Gasteiger partial charge in [0.25, 0.3) is 0 Å². The van der Waals surface area contributed by atoms with Crippen LogP contribution in [-0.2, 0) is 20.0 Å². The highest BCUT2D eigenvalue weighted by atomic mass is 16.5. The zero-order valence-corrected chi connectivity index (χ0v) is 18.4. The van der Waals surface area contributed by atoms with E-state index < -0.39 is 0 Å². The van der Waals surface area contributed by atoms with Gasteiger partial charge < -0.3 is 4.74 Å². The summed E-state index contributed by atoms with van der Waals surface area (Å²) in [6.07, 6.45) is 11.2. The molecular formula is C22H30N8O. The van der Waals surface area contributed by atoms with Gasteiger partial charge in [-0.3, -0.25) is 0 Å². The van der Waals surface area contributed by atoms with Crippen LogP contribution in [0.4, 0.5) is 0 Å². The molecule has 9 nitrogen and oxygen atoms in total. The molecule has 3 aromatic heterocycles. The maximum atomic E-state index is 6.23. The number of aromatic nitrogens is 8. The molecule has 5 rings (SSSR count). The Morgan fingerprint density at radius 2 is 1.84 bits per heavy atom. The molecule has 31 heavy (non-hydrogen) atoms. The topological polar surface area (TPSA) is 96.4 Å². The monoisotopic (exact) mass is 422 g/mol. The number of tetrazole rings is 1. The summed E-state index contributed by atoms with van der Waals surface area (Å²) in [4.78, 5) is 4.80. The van der Waals surface area contributed by atoms with E-state index in [4.69, 9.17) is 9.72 Å². The van der Waals surface area contributed by atoms with Crippen molar-refractivity contribution in [2.75, 3.05) is 0 Å². The Kier molecular flexibility index (Phi) is 5.65. The molecule has 2 saturated carbocycles. The summed E-state index contributed by atoms with van der Waals surface area (Å²) in [5.74, 6) is 2.50. The van der Waals surface area contributed by atoms with Crippen LogP contribution in [0.15, 0.2) is 12.1 Å². The van der Waals surface area contributed by atoms with Crippen molar-refractivity contribution in [3.05, 3.63) is 29.3 Å². The summed E-state index contributed by atoms with van der Waals surface area (Å²) >= 11 is 0. The van der Waals surface area contributed by atoms with Crippen molar-refractivity contribution in [1.29, 1.82) is 0 Å². The quantitative estimate of drug-likeness (QED) is 0.576. The van der Waals surface area contributed by atoms with Crippen molar-refractivity contribution in [2.24, 2.45) is 13.0 Å². The molecule has 0 N–H and O–H groups in total. The van der Waals surface area contributed by atoms with Gasteiger partial charge in [0, 0.05) is 13.5 Å². The number of pyridine rings is 1. The molecule has 0 amide bonds. The third kappa shape index (κ3) is 4.31. The zero-order chi connectivity index (χ0) is 21.2. The van der Waals surface area contributed by atoms with Gasteiger partial charge in [-0.05, 0) is 61.1 Å². The maximum Gasteiger partial charge on any atom is 0.152 e. The first kappa shape index (κ1) is 20.1. The van der Waals surface area contributed by atoms with Gasteiger partial charge in [-0.2, -0.15) is 0 Å². The molecular weight excluding hydrogens is 392 g/mol. The predicted molar refractivity (Wildman–Crippen MR) is 114 cm³/mol. The molecule has 0 unspecified atom stereocenters. The van der Waals surface area contributed by atoms with E-state index in [-0.39, 0.29) is 0 Å². The van der Waals surface area contributed by atoms with Gasteiger partial charge >= 0.3 is 0 Å². The highest BCUT2D eigenvalue weighted by Crippen LogP contribution is 2.30. The summed E-state index contributed by atoms with van der Waals surface area (Å²) in [6.45, 7) is 2.52. The third-order valence-corrected chi connectivity index (χ3v) is 6.67. The van der Waals surface area contributed by atoms with Crippen molar-refractivity contribution < 1.29 is 4.74 Å². The minimum absolute atomic E-state index is 0.307. The van der Waals surface area contributed by atoms with Gasteiger partial charge in [-0.25, -0.2) is 14.3 Å². The molecule has 0 spiro atoms. The summed E-state index contributed by atoms with van der Waals surface area (Å²) < 4.78 is 9.89. The Balaban J connectivity index is 1.36. The molecule has 0 aliphatic heterocycles. The SMILES string of the molecule is Cc1nc(-c2nnn(C)c2Cn2nnnc2CC2CCC2)ccc1OC1CCCCC1. The average Bonchev–Trinajstić information content (AvgIpc) is 3.34. The van der Waals surface area contributed by atoms with Gasteiger partial charge in [-0.1, -0.05) is 30.9 Å². The van der Waals surface area contributed by atoms with E-state index in [2.05, 4.69) is 25.8 Å². The van der Waals surface area contributed by atoms with Crippen LogP contribution in [0, 0.1) is 12.8 Å². The van der Waals surface area contributed by atoms with Crippen LogP contribution in [0.1, 0.15) is 68.6 Å². The van der Waals surface area contributed by atoms with Crippen LogP contribution < -0.4 is 4.74 Å². The van der Waals surface area contributed by atoms with E-state index in [1.165, 1.54) is 38.5 Å². The number of aryl methyl sites for hydroxylation is 2. The minimum Gasteiger partial charge on any atom is -0.489 e. The minimum atomic E-state index is 0.307. The van der Waals surface area contributed by atoms with Crippen LogP contribution in [0.25, 0.3) is 11.4 Å². The van der Waals surface area contributed by atoms with Crippen LogP contribution in [0.5, 0.6) is 5.75 Å². The molecule has 0 saturated heterocycles. The summed E-state index contributed by atoms with van der Waals surface area (Å²) in [6, 6.07) is 4.00. The van der Waals surface area contributed by atoms with E-state index in [0.29, 0.717) is 18.6 Å². The smallest absolute Gasteiger partial charge is 0.152 e. The standard InChI is InChI=1S/C22H30N8O/c1-15-20(31-17-9-4-3-5-10-17)12-11-18(23-15)22-19(29(2)27-25-22)14-30-21(24-26-28-30)13-16-7-6-8-16/h11-12,16-17H,3-10,13-14H2,1-2H3. The molecule has 0 aromatic carbocycles. The molecule has 2 aliphatic rings. The first-order valence-corrected chi connectivity index (χ1v) is 11.5. The average molecular weight is 423 g/mol. The first-order valence-electron chi connectivity index (χ1n) is 11.5. The Labute approximate surface area is 182 Å². The zero-order valence-electron chi connectivity index (χ0n) is 18.4. The van der Waals surface area contributed by atoms with E-state index in [0.717, 1.165) is 53.6 Å². The van der Waals surface area contributed by atoms with Gasteiger partial charge in [0.1, 0.15) is 11.4 Å². The van der Waals surface area contributed by atoms with Crippen molar-refractivity contribution in [2.45, 2.75) is 77.4 Å². The number of hydrogen-bond acceptors (Lipinski definition) is 7. The molecule has 9 heteroatoms. The molecule has 0 atom stereocenters. The fourth-order valence-electron chi connectivity index (χ4n) is 4.51. The fraction of sp³-hybridized carbons (Fsp3) is 0.636. The Hall–Kier alpha value is -2.84. The Morgan fingerprint density at radius 1 is 1.00 bits per heavy atom. The molecule has 0 bridgehead atoms. The van der Waals surface area contributed by atoms with Gasteiger partial charge in [-0.15, -0.1) is 10.2 Å². The molecule has 164 valence electrons. The summed E-state index contributed by atoms with van der Waals surface area (Å²) in [7, 11) is 1.90. The third-order valence-electron chi connectivity index (χ3n) is 6.67. The van der Waals surface area contributed by atoms with E-state index >= 15 is 0 Å². The highest BCUT2D eigenvalue weighted by Gasteiger charge is 2.23. The molecule has 2 aliphatic carbocycles. The lowest BCUT2D eigenvalue weighted by atomic mass is 9.83. The van der Waals surface area contributed by atoms with E-state index in [9.17, 15) is 0 Å². The number of nitrogens with zero attached hydrogens (tertiary/aromatic N) is 8. The normalized spacial score (nSPS) is 17.6. The van der Waals surface area contributed by atoms with Gasteiger partial charge in [0.05, 0.1) is 29.7 Å². The van der Waals surface area contributed by atoms with E-state index in [1.807, 2.05) is 30.8 Å². The van der Waals surface area contributed by atoms with E-state index in [1.54, 1.807) is 4.68 Å². The molecule has 3 heterocycles. The number of ether oxygens (including phenoxy) is 1. The lowest BCUT2D eigenvalue weighted by Crippen LogP contribution is -2.20. The summed E-state index contributed by atoms with van der Waals surface area (Å²) in [5, 5.41) is 21.0. The Bertz CT molecular complexity index is 1030. The van der Waals surface area contributed by atoms with Crippen LogP contribution in [-0.4, -0.2) is 46.3 Å². The second-order valence-electron chi connectivity index (χ2n) is 8.92. The lowest BCUT2D eigenvalue weighted by Gasteiger charge is -2.24. The largest absolute Gasteiger partial charge is 0.489 e. The van der Waals surface area contributed by atoms with Crippen LogP contribution in [0.2, 0.25) is 0 Å². The second-order valence-corrected chi connectivity index (χ2v) is 8.92. The second kappa shape index (κ2) is 8.72.